The van der Waals surface area contributed by atoms with E-state index in [2.05, 4.69) is 15.5 Å². The van der Waals surface area contributed by atoms with Crippen molar-refractivity contribution in [3.05, 3.63) is 11.8 Å². The maximum Gasteiger partial charge on any atom is 0.233 e. The predicted molar refractivity (Wildman–Crippen MR) is 45.2 cm³/mol. The molecule has 2 atom stereocenters. The van der Waals surface area contributed by atoms with Gasteiger partial charge in [-0.25, -0.2) is 0 Å². The lowest BCUT2D eigenvalue weighted by Gasteiger charge is -2.04. The van der Waals surface area contributed by atoms with Gasteiger partial charge in [-0.15, -0.1) is 10.2 Å². The highest BCUT2D eigenvalue weighted by Gasteiger charge is 2.28. The van der Waals surface area contributed by atoms with Gasteiger partial charge in [-0.3, -0.25) is 0 Å². The van der Waals surface area contributed by atoms with Crippen molar-refractivity contribution in [3.63, 3.8) is 0 Å². The third-order valence-corrected chi connectivity index (χ3v) is 2.26. The van der Waals surface area contributed by atoms with Crippen LogP contribution in [-0.2, 0) is 4.74 Å². The Morgan fingerprint density at radius 3 is 2.92 bits per heavy atom. The van der Waals surface area contributed by atoms with Crippen molar-refractivity contribution in [2.24, 2.45) is 0 Å². The van der Waals surface area contributed by atoms with E-state index in [-0.39, 0.29) is 12.1 Å². The van der Waals surface area contributed by atoms with Crippen LogP contribution < -0.4 is 5.32 Å². The maximum absolute atomic E-state index is 5.32. The number of nitrogens with one attached hydrogen (secondary N) is 1. The van der Waals surface area contributed by atoms with Gasteiger partial charge < -0.3 is 14.5 Å². The van der Waals surface area contributed by atoms with Crippen LogP contribution in [0.5, 0.6) is 0 Å². The van der Waals surface area contributed by atoms with Crippen LogP contribution in [0.15, 0.2) is 4.42 Å². The highest BCUT2D eigenvalue weighted by atomic mass is 16.5. The van der Waals surface area contributed by atoms with Crippen molar-refractivity contribution >= 4 is 0 Å². The summed E-state index contributed by atoms with van der Waals surface area (Å²) in [4.78, 5) is 0. The minimum absolute atomic E-state index is 0.158. The maximum atomic E-state index is 5.32. The third kappa shape index (κ3) is 1.71. The molecule has 13 heavy (non-hydrogen) atoms. The second-order valence-corrected chi connectivity index (χ2v) is 3.21. The molecule has 1 saturated heterocycles. The number of aryl methyl sites for hydroxylation is 1. The Balaban J connectivity index is 2.03. The van der Waals surface area contributed by atoms with E-state index in [4.69, 9.17) is 9.15 Å². The van der Waals surface area contributed by atoms with Gasteiger partial charge in [0.15, 0.2) is 0 Å². The van der Waals surface area contributed by atoms with Crippen molar-refractivity contribution < 1.29 is 9.15 Å². The topological polar surface area (TPSA) is 60.2 Å². The number of methoxy groups -OCH3 is 1. The highest BCUT2D eigenvalue weighted by Crippen LogP contribution is 2.23. The zero-order valence-corrected chi connectivity index (χ0v) is 7.78. The van der Waals surface area contributed by atoms with Crippen LogP contribution in [0.3, 0.4) is 0 Å². The first-order chi connectivity index (χ1) is 6.29. The molecule has 1 fully saturated rings. The van der Waals surface area contributed by atoms with Crippen LogP contribution in [0.2, 0.25) is 0 Å². The third-order valence-electron chi connectivity index (χ3n) is 2.26. The molecule has 0 amide bonds. The number of hydrogen-bond acceptors (Lipinski definition) is 5. The van der Waals surface area contributed by atoms with Gasteiger partial charge in [0.2, 0.25) is 11.8 Å². The summed E-state index contributed by atoms with van der Waals surface area (Å²) < 4.78 is 10.5. The van der Waals surface area contributed by atoms with Gasteiger partial charge >= 0.3 is 0 Å². The van der Waals surface area contributed by atoms with Crippen LogP contribution in [-0.4, -0.2) is 30.0 Å². The largest absolute Gasteiger partial charge is 0.424 e. The van der Waals surface area contributed by atoms with E-state index in [0.717, 1.165) is 13.0 Å². The Hall–Kier alpha value is -0.940. The average molecular weight is 183 g/mol. The number of ether oxygens (including phenoxy) is 1. The van der Waals surface area contributed by atoms with E-state index in [0.29, 0.717) is 11.8 Å². The fourth-order valence-corrected chi connectivity index (χ4v) is 1.52. The summed E-state index contributed by atoms with van der Waals surface area (Å²) in [7, 11) is 1.72. The number of nitrogens with zero attached hydrogens (tertiary/aromatic N) is 2. The minimum Gasteiger partial charge on any atom is -0.424 e. The molecule has 2 heterocycles. The Labute approximate surface area is 76.5 Å². The molecule has 0 bridgehead atoms. The van der Waals surface area contributed by atoms with Crippen molar-refractivity contribution in [2.45, 2.75) is 25.5 Å². The van der Waals surface area contributed by atoms with Gasteiger partial charge in [-0.1, -0.05) is 0 Å². The van der Waals surface area contributed by atoms with Crippen molar-refractivity contribution in [1.82, 2.24) is 15.5 Å². The van der Waals surface area contributed by atoms with Gasteiger partial charge in [0.25, 0.3) is 0 Å². The molecule has 1 aromatic rings. The summed E-state index contributed by atoms with van der Waals surface area (Å²) in [6, 6.07) is 0.158. The van der Waals surface area contributed by atoms with E-state index >= 15 is 0 Å². The molecule has 1 aliphatic rings. The van der Waals surface area contributed by atoms with E-state index < -0.39 is 0 Å². The summed E-state index contributed by atoms with van der Waals surface area (Å²) >= 11 is 0. The van der Waals surface area contributed by atoms with Gasteiger partial charge in [0.05, 0.1) is 12.1 Å². The summed E-state index contributed by atoms with van der Waals surface area (Å²) in [5.41, 5.74) is 0. The summed E-state index contributed by atoms with van der Waals surface area (Å²) in [5.74, 6) is 1.27. The average Bonchev–Trinajstić information content (AvgIpc) is 2.71. The Bertz CT molecular complexity index is 287. The van der Waals surface area contributed by atoms with Gasteiger partial charge in [-0.2, -0.15) is 0 Å². The number of rotatable bonds is 2. The molecule has 0 saturated carbocycles. The van der Waals surface area contributed by atoms with E-state index in [1.807, 2.05) is 0 Å². The van der Waals surface area contributed by atoms with Crippen molar-refractivity contribution in [2.75, 3.05) is 13.7 Å². The molecule has 0 aliphatic carbocycles. The molecule has 0 aromatic carbocycles. The van der Waals surface area contributed by atoms with Crippen molar-refractivity contribution in [1.29, 1.82) is 0 Å². The first-order valence-corrected chi connectivity index (χ1v) is 4.36. The molecule has 0 spiro atoms. The number of aromatic nitrogens is 2. The molecule has 5 heteroatoms. The molecule has 5 nitrogen and oxygen atoms in total. The van der Waals surface area contributed by atoms with E-state index in [1.54, 1.807) is 14.0 Å². The van der Waals surface area contributed by atoms with E-state index in [9.17, 15) is 0 Å². The quantitative estimate of drug-likeness (QED) is 0.720. The molecule has 0 radical (unpaired) electrons. The highest BCUT2D eigenvalue weighted by molar-refractivity contribution is 4.95. The van der Waals surface area contributed by atoms with Crippen molar-refractivity contribution in [3.8, 4) is 0 Å². The van der Waals surface area contributed by atoms with Crippen LogP contribution in [0.4, 0.5) is 0 Å². The molecule has 2 rings (SSSR count). The lowest BCUT2D eigenvalue weighted by molar-refractivity contribution is 0.116. The minimum atomic E-state index is 0.158. The molecule has 72 valence electrons. The summed E-state index contributed by atoms with van der Waals surface area (Å²) in [5, 5.41) is 11.0. The lowest BCUT2D eigenvalue weighted by atomic mass is 10.2. The first kappa shape index (κ1) is 8.65. The Kier molecular flexibility index (Phi) is 2.28. The Morgan fingerprint density at radius 2 is 2.38 bits per heavy atom. The molecule has 1 aliphatic heterocycles. The van der Waals surface area contributed by atoms with Gasteiger partial charge in [0, 0.05) is 20.6 Å². The molecule has 1 N–H and O–H groups in total. The fraction of sp³-hybridized carbons (Fsp3) is 0.750. The molecule has 1 aromatic heterocycles. The van der Waals surface area contributed by atoms with Crippen LogP contribution in [0.25, 0.3) is 0 Å². The Morgan fingerprint density at radius 1 is 1.54 bits per heavy atom. The lowest BCUT2D eigenvalue weighted by Crippen LogP contribution is -2.16. The second-order valence-electron chi connectivity index (χ2n) is 3.21. The number of hydrogen-bond donors (Lipinski definition) is 1. The standard InChI is InChI=1S/C8H13N3O2/c1-5-10-11-8(13-5)7-3-6(12-2)4-9-7/h6-7,9H,3-4H2,1-2H3/t6-,7-/m1/s1. The normalized spacial score (nSPS) is 28.2. The van der Waals surface area contributed by atoms with E-state index in [1.165, 1.54) is 0 Å². The van der Waals surface area contributed by atoms with Gasteiger partial charge in [-0.05, 0) is 6.42 Å². The monoisotopic (exact) mass is 183 g/mol. The smallest absolute Gasteiger partial charge is 0.233 e. The fourth-order valence-electron chi connectivity index (χ4n) is 1.52. The molecular formula is C8H13N3O2. The zero-order chi connectivity index (χ0) is 9.26. The second kappa shape index (κ2) is 3.43. The SMILES string of the molecule is CO[C@H]1CN[C@@H](c2nnc(C)o2)C1. The zero-order valence-electron chi connectivity index (χ0n) is 7.78. The first-order valence-electron chi connectivity index (χ1n) is 4.36. The van der Waals surface area contributed by atoms with Crippen LogP contribution in [0, 0.1) is 6.92 Å². The van der Waals surface area contributed by atoms with Gasteiger partial charge in [0.1, 0.15) is 0 Å². The predicted octanol–water partition coefficient (Wildman–Crippen LogP) is 0.427. The molecular weight excluding hydrogens is 170 g/mol. The van der Waals surface area contributed by atoms with Crippen LogP contribution >= 0.6 is 0 Å². The molecule has 0 unspecified atom stereocenters. The summed E-state index contributed by atoms with van der Waals surface area (Å²) in [6.07, 6.45) is 1.16. The summed E-state index contributed by atoms with van der Waals surface area (Å²) in [6.45, 7) is 2.64. The van der Waals surface area contributed by atoms with Crippen LogP contribution in [0.1, 0.15) is 24.2 Å².